The Kier molecular flexibility index (Phi) is 54.4. The lowest BCUT2D eigenvalue weighted by Gasteiger charge is -2.18. The molecule has 0 aliphatic heterocycles. The van der Waals surface area contributed by atoms with Gasteiger partial charge in [0.05, 0.1) is 0 Å². The maximum Gasteiger partial charge on any atom is 0.306 e. The van der Waals surface area contributed by atoms with Crippen LogP contribution in [-0.4, -0.2) is 37.2 Å². The minimum absolute atomic E-state index is 0.0971. The Morgan fingerprint density at radius 1 is 0.300 bits per heavy atom. The number of esters is 3. The predicted molar refractivity (Wildman–Crippen MR) is 302 cm³/mol. The molecular formula is C64H106O6. The molecule has 1 atom stereocenters. The first-order chi connectivity index (χ1) is 34.5. The molecule has 0 aromatic carbocycles. The van der Waals surface area contributed by atoms with Gasteiger partial charge in [0, 0.05) is 19.3 Å². The summed E-state index contributed by atoms with van der Waals surface area (Å²) in [5, 5.41) is 0. The van der Waals surface area contributed by atoms with Crippen LogP contribution in [0.5, 0.6) is 0 Å². The molecule has 0 rings (SSSR count). The summed E-state index contributed by atoms with van der Waals surface area (Å²) in [6.07, 6.45) is 77.8. The van der Waals surface area contributed by atoms with Crippen LogP contribution >= 0.6 is 0 Å². The van der Waals surface area contributed by atoms with Crippen molar-refractivity contribution in [1.29, 1.82) is 0 Å². The average molecular weight is 972 g/mol. The van der Waals surface area contributed by atoms with Gasteiger partial charge in [-0.15, -0.1) is 0 Å². The molecule has 70 heavy (non-hydrogen) atoms. The third kappa shape index (κ3) is 55.0. The first-order valence-electron chi connectivity index (χ1n) is 28.9. The molecule has 1 unspecified atom stereocenters. The van der Waals surface area contributed by atoms with Crippen molar-refractivity contribution in [3.8, 4) is 0 Å². The lowest BCUT2D eigenvalue weighted by molar-refractivity contribution is -0.167. The molecule has 0 aromatic rings. The molecule has 398 valence electrons. The van der Waals surface area contributed by atoms with E-state index in [4.69, 9.17) is 14.2 Å². The number of allylic oxidation sites excluding steroid dienone is 18. The first kappa shape index (κ1) is 66.1. The average Bonchev–Trinajstić information content (AvgIpc) is 3.36. The van der Waals surface area contributed by atoms with Gasteiger partial charge in [0.15, 0.2) is 6.10 Å². The number of carbonyl (C=O) groups excluding carboxylic acids is 3. The summed E-state index contributed by atoms with van der Waals surface area (Å²) >= 11 is 0. The van der Waals surface area contributed by atoms with Gasteiger partial charge >= 0.3 is 17.9 Å². The molecule has 0 saturated heterocycles. The smallest absolute Gasteiger partial charge is 0.306 e. The third-order valence-corrected chi connectivity index (χ3v) is 12.0. The molecule has 0 aromatic heterocycles. The van der Waals surface area contributed by atoms with Gasteiger partial charge in [-0.3, -0.25) is 14.4 Å². The maximum atomic E-state index is 12.9. The zero-order valence-corrected chi connectivity index (χ0v) is 45.5. The number of unbranched alkanes of at least 4 members (excludes halogenated alkanes) is 22. The molecule has 6 heteroatoms. The molecule has 0 aliphatic rings. The zero-order valence-electron chi connectivity index (χ0n) is 45.5. The number of ether oxygens (including phenoxy) is 3. The Morgan fingerprint density at radius 3 is 0.914 bits per heavy atom. The Labute approximate surface area is 431 Å². The normalized spacial score (nSPS) is 12.9. The molecule has 0 bridgehead atoms. The molecular weight excluding hydrogens is 865 g/mol. The highest BCUT2D eigenvalue weighted by atomic mass is 16.6. The highest BCUT2D eigenvalue weighted by Crippen LogP contribution is 2.14. The summed E-state index contributed by atoms with van der Waals surface area (Å²) in [6.45, 7) is 6.43. The van der Waals surface area contributed by atoms with Crippen LogP contribution in [0, 0.1) is 0 Å². The SMILES string of the molecule is CC/C=C\C/C=C\C/C=C\C/C=C\CCCCCCCCC(=O)OCC(COC(=O)CCCCCCC/C=C\C/C=C\CCCC)OC(=O)CCCCCCCC/C=C\C/C=C\C/C=C\CCCCC. The maximum absolute atomic E-state index is 12.9. The summed E-state index contributed by atoms with van der Waals surface area (Å²) in [6, 6.07) is 0. The van der Waals surface area contributed by atoms with Crippen molar-refractivity contribution in [2.24, 2.45) is 0 Å². The van der Waals surface area contributed by atoms with Crippen molar-refractivity contribution < 1.29 is 28.6 Å². The molecule has 6 nitrogen and oxygen atoms in total. The van der Waals surface area contributed by atoms with Gasteiger partial charge < -0.3 is 14.2 Å². The van der Waals surface area contributed by atoms with Gasteiger partial charge in [-0.05, 0) is 122 Å². The number of hydrogen-bond acceptors (Lipinski definition) is 6. The number of hydrogen-bond donors (Lipinski definition) is 0. The van der Waals surface area contributed by atoms with Gasteiger partial charge in [0.25, 0.3) is 0 Å². The molecule has 0 fully saturated rings. The predicted octanol–water partition coefficient (Wildman–Crippen LogP) is 19.5. The summed E-state index contributed by atoms with van der Waals surface area (Å²) in [4.78, 5) is 38.2. The molecule has 0 radical (unpaired) electrons. The summed E-state index contributed by atoms with van der Waals surface area (Å²) < 4.78 is 16.8. The van der Waals surface area contributed by atoms with Crippen molar-refractivity contribution in [1.82, 2.24) is 0 Å². The first-order valence-corrected chi connectivity index (χ1v) is 28.9. The van der Waals surface area contributed by atoms with Crippen molar-refractivity contribution in [2.45, 2.75) is 264 Å². The van der Waals surface area contributed by atoms with E-state index in [2.05, 4.69) is 130 Å². The fourth-order valence-corrected chi connectivity index (χ4v) is 7.63. The van der Waals surface area contributed by atoms with Crippen LogP contribution in [-0.2, 0) is 28.6 Å². The largest absolute Gasteiger partial charge is 0.462 e. The number of rotatable bonds is 51. The monoisotopic (exact) mass is 971 g/mol. The molecule has 0 amide bonds. The van der Waals surface area contributed by atoms with E-state index in [1.807, 2.05) is 0 Å². The summed E-state index contributed by atoms with van der Waals surface area (Å²) in [7, 11) is 0. The van der Waals surface area contributed by atoms with E-state index >= 15 is 0 Å². The molecule has 0 aliphatic carbocycles. The van der Waals surface area contributed by atoms with Crippen molar-refractivity contribution >= 4 is 17.9 Å². The highest BCUT2D eigenvalue weighted by Gasteiger charge is 2.19. The lowest BCUT2D eigenvalue weighted by atomic mass is 10.1. The van der Waals surface area contributed by atoms with Crippen molar-refractivity contribution in [2.75, 3.05) is 13.2 Å². The topological polar surface area (TPSA) is 78.9 Å². The van der Waals surface area contributed by atoms with Gasteiger partial charge in [0.2, 0.25) is 0 Å². The minimum atomic E-state index is -0.800. The Balaban J connectivity index is 4.46. The van der Waals surface area contributed by atoms with Gasteiger partial charge in [-0.1, -0.05) is 226 Å². The Morgan fingerprint density at radius 2 is 0.571 bits per heavy atom. The van der Waals surface area contributed by atoms with Crippen molar-refractivity contribution in [3.63, 3.8) is 0 Å². The molecule has 0 N–H and O–H groups in total. The molecule has 0 heterocycles. The van der Waals surface area contributed by atoms with E-state index < -0.39 is 6.10 Å². The van der Waals surface area contributed by atoms with Gasteiger partial charge in [-0.2, -0.15) is 0 Å². The van der Waals surface area contributed by atoms with Crippen LogP contribution in [0.25, 0.3) is 0 Å². The van der Waals surface area contributed by atoms with Gasteiger partial charge in [0.1, 0.15) is 13.2 Å². The van der Waals surface area contributed by atoms with Crippen LogP contribution in [0.1, 0.15) is 258 Å². The zero-order chi connectivity index (χ0) is 50.7. The van der Waals surface area contributed by atoms with E-state index in [1.54, 1.807) is 0 Å². The van der Waals surface area contributed by atoms with Crippen LogP contribution in [0.3, 0.4) is 0 Å². The van der Waals surface area contributed by atoms with Crippen LogP contribution in [0.2, 0.25) is 0 Å². The van der Waals surface area contributed by atoms with E-state index in [-0.39, 0.29) is 31.1 Å². The Bertz CT molecular complexity index is 1440. The third-order valence-electron chi connectivity index (χ3n) is 12.0. The molecule has 0 saturated carbocycles. The fourth-order valence-electron chi connectivity index (χ4n) is 7.63. The van der Waals surface area contributed by atoms with E-state index in [1.165, 1.54) is 70.6 Å². The lowest BCUT2D eigenvalue weighted by Crippen LogP contribution is -2.30. The van der Waals surface area contributed by atoms with Gasteiger partial charge in [-0.25, -0.2) is 0 Å². The summed E-state index contributed by atoms with van der Waals surface area (Å²) in [5.74, 6) is -0.936. The fraction of sp³-hybridized carbons (Fsp3) is 0.672. The standard InChI is InChI=1S/C64H106O6/c1-4-7-10-13-16-19-22-25-28-30-32-34-36-39-42-45-48-51-54-57-63(66)69-60-61(59-68-62(65)56-53-50-47-44-41-38-27-24-21-18-15-12-9-6-3)70-64(67)58-55-52-49-46-43-40-37-35-33-31-29-26-23-20-17-14-11-8-5-2/h7,10,15-20,24-29,32-35,61H,4-6,8-9,11-14,21-23,30-31,36-60H2,1-3H3/b10-7-,18-15-,19-16-,20-17-,27-24-,28-25-,29-26-,34-32-,35-33-. The quantitative estimate of drug-likeness (QED) is 0.0262. The summed E-state index contributed by atoms with van der Waals surface area (Å²) in [5.41, 5.74) is 0. The Hall–Kier alpha value is -3.93. The molecule has 0 spiro atoms. The second kappa shape index (κ2) is 57.6. The van der Waals surface area contributed by atoms with Crippen LogP contribution in [0.15, 0.2) is 109 Å². The van der Waals surface area contributed by atoms with E-state index in [0.717, 1.165) is 148 Å². The van der Waals surface area contributed by atoms with Crippen LogP contribution in [0.4, 0.5) is 0 Å². The van der Waals surface area contributed by atoms with E-state index in [9.17, 15) is 14.4 Å². The van der Waals surface area contributed by atoms with E-state index in [0.29, 0.717) is 19.3 Å². The van der Waals surface area contributed by atoms with Crippen molar-refractivity contribution in [3.05, 3.63) is 109 Å². The second-order valence-electron chi connectivity index (χ2n) is 18.8. The highest BCUT2D eigenvalue weighted by molar-refractivity contribution is 5.71. The van der Waals surface area contributed by atoms with Crippen LogP contribution < -0.4 is 0 Å². The number of carbonyl (C=O) groups is 3. The minimum Gasteiger partial charge on any atom is -0.462 e. The second-order valence-corrected chi connectivity index (χ2v) is 18.8.